The second-order valence-electron chi connectivity index (χ2n) is 9.22. The highest BCUT2D eigenvalue weighted by Gasteiger charge is 2.21. The summed E-state index contributed by atoms with van der Waals surface area (Å²) in [4.78, 5) is 33.2. The molecule has 4 aromatic rings. The molecule has 1 aliphatic heterocycles. The number of aromatic nitrogens is 2. The molecule has 1 N–H and O–H groups in total. The van der Waals surface area contributed by atoms with Gasteiger partial charge in [-0.05, 0) is 24.6 Å². The number of likely N-dealkylation sites (N-methyl/N-ethyl adjacent to an activating group) is 1. The number of benzene rings is 2. The third-order valence-corrected chi connectivity index (χ3v) is 7.85. The van der Waals surface area contributed by atoms with Crippen LogP contribution in [-0.2, 0) is 11.3 Å². The van der Waals surface area contributed by atoms with Crippen LogP contribution in [0.15, 0.2) is 35.3 Å². The van der Waals surface area contributed by atoms with Gasteiger partial charge in [0.25, 0.3) is 5.56 Å². The second-order valence-corrected chi connectivity index (χ2v) is 10.2. The van der Waals surface area contributed by atoms with Crippen LogP contribution in [0.4, 0.5) is 0 Å². The van der Waals surface area contributed by atoms with Crippen LogP contribution in [0.25, 0.3) is 32.6 Å². The summed E-state index contributed by atoms with van der Waals surface area (Å²) in [6, 6.07) is 7.20. The Morgan fingerprint density at radius 2 is 1.79 bits per heavy atom. The van der Waals surface area contributed by atoms with Crippen LogP contribution < -0.4 is 29.2 Å². The highest BCUT2D eigenvalue weighted by molar-refractivity contribution is 7.97. The van der Waals surface area contributed by atoms with Gasteiger partial charge in [-0.1, -0.05) is 18.9 Å². The fourth-order valence-corrected chi connectivity index (χ4v) is 5.47. The van der Waals surface area contributed by atoms with Gasteiger partial charge in [-0.15, -0.1) is 0 Å². The Kier molecular flexibility index (Phi) is 7.99. The highest BCUT2D eigenvalue weighted by Crippen LogP contribution is 2.40. The van der Waals surface area contributed by atoms with E-state index in [-0.39, 0.29) is 18.3 Å². The van der Waals surface area contributed by atoms with E-state index < -0.39 is 0 Å². The number of pyridine rings is 2. The molecule has 11 heteroatoms. The molecule has 0 saturated heterocycles. The van der Waals surface area contributed by atoms with Gasteiger partial charge in [0.15, 0.2) is 23.0 Å². The van der Waals surface area contributed by atoms with Gasteiger partial charge in [-0.2, -0.15) is 0 Å². The predicted octanol–water partition coefficient (Wildman–Crippen LogP) is 3.95. The van der Waals surface area contributed by atoms with Crippen LogP contribution in [0.2, 0.25) is 0 Å². The van der Waals surface area contributed by atoms with Crippen molar-refractivity contribution >= 4 is 50.4 Å². The third-order valence-electron chi connectivity index (χ3n) is 6.86. The Morgan fingerprint density at radius 3 is 2.51 bits per heavy atom. The van der Waals surface area contributed by atoms with Crippen LogP contribution in [0, 0.1) is 0 Å². The van der Waals surface area contributed by atoms with E-state index in [0.29, 0.717) is 64.3 Å². The van der Waals surface area contributed by atoms with Crippen LogP contribution in [0.3, 0.4) is 0 Å². The molecule has 0 spiro atoms. The molecule has 0 atom stereocenters. The molecular weight excluding hydrogens is 520 g/mol. The number of nitrogens with zero attached hydrogens (tertiary/aromatic N) is 3. The Hall–Kier alpha value is -3.70. The molecule has 3 heterocycles. The van der Waals surface area contributed by atoms with Crippen LogP contribution in [-0.4, -0.2) is 67.3 Å². The summed E-state index contributed by atoms with van der Waals surface area (Å²) in [6.45, 7) is 3.75. The lowest BCUT2D eigenvalue weighted by Crippen LogP contribution is -2.33. The molecule has 1 aliphatic rings. The Morgan fingerprint density at radius 1 is 1.08 bits per heavy atom. The molecular formula is C28H32N4O6S. The van der Waals surface area contributed by atoms with Crippen molar-refractivity contribution in [1.29, 1.82) is 0 Å². The third kappa shape index (κ3) is 5.16. The molecule has 0 saturated carbocycles. The van der Waals surface area contributed by atoms with E-state index in [2.05, 4.69) is 9.71 Å². The van der Waals surface area contributed by atoms with Crippen molar-refractivity contribution in [3.8, 4) is 23.0 Å². The number of fused-ring (bicyclic) bond motifs is 6. The Balaban J connectivity index is 1.59. The number of hydrogen-bond donors (Lipinski definition) is 1. The first-order valence-electron chi connectivity index (χ1n) is 12.9. The monoisotopic (exact) mass is 552 g/mol. The van der Waals surface area contributed by atoms with Crippen LogP contribution >= 0.6 is 11.9 Å². The topological polar surface area (TPSA) is 104 Å². The van der Waals surface area contributed by atoms with E-state index in [1.54, 1.807) is 54.9 Å². The number of methoxy groups -OCH3 is 2. The van der Waals surface area contributed by atoms with Gasteiger partial charge in [0.2, 0.25) is 12.7 Å². The summed E-state index contributed by atoms with van der Waals surface area (Å²) in [5.74, 6) is 3.12. The fraction of sp³-hybridized carbons (Fsp3) is 0.393. The molecule has 1 amide bonds. The molecule has 206 valence electrons. The quantitative estimate of drug-likeness (QED) is 0.168. The van der Waals surface area contributed by atoms with Gasteiger partial charge >= 0.3 is 0 Å². The minimum atomic E-state index is -0.188. The van der Waals surface area contributed by atoms with E-state index in [9.17, 15) is 9.59 Å². The first-order valence-corrected chi connectivity index (χ1v) is 13.8. The number of ether oxygens (including phenoxy) is 4. The smallest absolute Gasteiger partial charge is 0.259 e. The Bertz CT molecular complexity index is 1610. The molecule has 2 aromatic carbocycles. The second kappa shape index (κ2) is 11.6. The lowest BCUT2D eigenvalue weighted by molar-refractivity contribution is -0.130. The first-order chi connectivity index (χ1) is 19.0. The summed E-state index contributed by atoms with van der Waals surface area (Å²) in [5, 5.41) is 2.74. The van der Waals surface area contributed by atoms with Crippen molar-refractivity contribution in [3.63, 3.8) is 0 Å². The van der Waals surface area contributed by atoms with Gasteiger partial charge in [0.05, 0.1) is 30.6 Å². The lowest BCUT2D eigenvalue weighted by Gasteiger charge is -2.21. The van der Waals surface area contributed by atoms with Crippen molar-refractivity contribution < 1.29 is 23.7 Å². The number of nitrogens with one attached hydrogen (secondary N) is 1. The maximum absolute atomic E-state index is 14.0. The van der Waals surface area contributed by atoms with E-state index >= 15 is 0 Å². The number of carbonyl (C=O) groups excluding carboxylic acids is 1. The average Bonchev–Trinajstić information content (AvgIpc) is 3.42. The van der Waals surface area contributed by atoms with Crippen molar-refractivity contribution in [3.05, 3.63) is 40.8 Å². The van der Waals surface area contributed by atoms with E-state index in [0.717, 1.165) is 29.5 Å². The van der Waals surface area contributed by atoms with E-state index in [1.165, 1.54) is 0 Å². The molecule has 2 aromatic heterocycles. The largest absolute Gasteiger partial charge is 0.493 e. The van der Waals surface area contributed by atoms with E-state index in [1.807, 2.05) is 25.1 Å². The maximum Gasteiger partial charge on any atom is 0.259 e. The molecule has 5 rings (SSSR count). The predicted molar refractivity (Wildman–Crippen MR) is 153 cm³/mol. The minimum Gasteiger partial charge on any atom is -0.493 e. The van der Waals surface area contributed by atoms with Crippen molar-refractivity contribution in [2.45, 2.75) is 26.3 Å². The highest BCUT2D eigenvalue weighted by atomic mass is 32.2. The number of amides is 1. The molecule has 0 fully saturated rings. The molecule has 0 radical (unpaired) electrons. The van der Waals surface area contributed by atoms with Gasteiger partial charge in [0, 0.05) is 67.3 Å². The SMILES string of the molecule is CCNSCCCC(=O)N(C)CCn1c(=O)c2cc(OC)c(OC)cc2c2cnc3cc4c(cc3c21)OCO4. The number of hydrogen-bond acceptors (Lipinski definition) is 9. The minimum absolute atomic E-state index is 0.0477. The lowest BCUT2D eigenvalue weighted by atomic mass is 10.0. The normalized spacial score (nSPS) is 12.4. The summed E-state index contributed by atoms with van der Waals surface area (Å²) >= 11 is 1.63. The van der Waals surface area contributed by atoms with Crippen LogP contribution in [0.1, 0.15) is 19.8 Å². The van der Waals surface area contributed by atoms with Crippen LogP contribution in [0.5, 0.6) is 23.0 Å². The summed E-state index contributed by atoms with van der Waals surface area (Å²) in [5.41, 5.74) is 1.21. The van der Waals surface area contributed by atoms with Crippen molar-refractivity contribution in [1.82, 2.24) is 19.2 Å². The standard InChI is InChI=1S/C28H32N4O6S/c1-5-30-39-10-6-7-26(33)31(2)8-9-32-27-19-13-24-25(38-16-37-24)14-21(19)29-15-20(27)17-11-22(35-3)23(36-4)12-18(17)28(32)34/h11-15,30H,5-10,16H2,1-4H3. The molecule has 0 aliphatic carbocycles. The van der Waals surface area contributed by atoms with Gasteiger partial charge in [0.1, 0.15) is 0 Å². The van der Waals surface area contributed by atoms with Gasteiger partial charge < -0.3 is 28.4 Å². The fourth-order valence-electron chi connectivity index (χ4n) is 4.83. The Labute approximate surface area is 230 Å². The van der Waals surface area contributed by atoms with E-state index in [4.69, 9.17) is 18.9 Å². The first kappa shape index (κ1) is 26.9. The zero-order valence-corrected chi connectivity index (χ0v) is 23.4. The summed E-state index contributed by atoms with van der Waals surface area (Å²) < 4.78 is 27.1. The molecule has 10 nitrogen and oxygen atoms in total. The zero-order valence-electron chi connectivity index (χ0n) is 22.5. The average molecular weight is 553 g/mol. The number of rotatable bonds is 11. The van der Waals surface area contributed by atoms with Gasteiger partial charge in [-0.3, -0.25) is 19.3 Å². The molecule has 39 heavy (non-hydrogen) atoms. The molecule has 0 unspecified atom stereocenters. The zero-order chi connectivity index (χ0) is 27.5. The summed E-state index contributed by atoms with van der Waals surface area (Å²) in [7, 11) is 4.88. The summed E-state index contributed by atoms with van der Waals surface area (Å²) in [6.07, 6.45) is 3.00. The number of carbonyl (C=O) groups is 1. The molecule has 0 bridgehead atoms. The van der Waals surface area contributed by atoms with Gasteiger partial charge in [-0.25, -0.2) is 0 Å². The maximum atomic E-state index is 14.0. The van der Waals surface area contributed by atoms with Crippen molar-refractivity contribution in [2.75, 3.05) is 46.9 Å². The van der Waals surface area contributed by atoms with Crippen molar-refractivity contribution in [2.24, 2.45) is 0 Å².